The van der Waals surface area contributed by atoms with Crippen LogP contribution < -0.4 is 4.74 Å². The highest BCUT2D eigenvalue weighted by atomic mass is 79.9. The number of fused-ring (bicyclic) bond motifs is 1. The molecule has 0 radical (unpaired) electrons. The number of methoxy groups -OCH3 is 1. The van der Waals surface area contributed by atoms with E-state index < -0.39 is 6.03 Å². The molecule has 2 aliphatic rings. The summed E-state index contributed by atoms with van der Waals surface area (Å²) >= 11 is 3.43. The molecule has 26 heavy (non-hydrogen) atoms. The maximum absolute atomic E-state index is 12.7. The number of alkyl halides is 1. The first-order chi connectivity index (χ1) is 12.5. The maximum Gasteiger partial charge on any atom is 0.501 e. The lowest BCUT2D eigenvalue weighted by atomic mass is 9.99. The summed E-state index contributed by atoms with van der Waals surface area (Å²) in [4.78, 5) is 39.0. The number of ether oxygens (including phenoxy) is 1. The molecule has 134 valence electrons. The van der Waals surface area contributed by atoms with Crippen molar-refractivity contribution in [2.24, 2.45) is 0 Å². The number of allylic oxidation sites excluding steroid dienone is 3. The summed E-state index contributed by atoms with van der Waals surface area (Å²) in [6.07, 6.45) is 5.28. The quantitative estimate of drug-likeness (QED) is 0.419. The Morgan fingerprint density at radius 1 is 1.27 bits per heavy atom. The van der Waals surface area contributed by atoms with E-state index in [1.54, 1.807) is 50.5 Å². The molecular formula is C19H18BrN2O4+. The van der Waals surface area contributed by atoms with Gasteiger partial charge < -0.3 is 4.74 Å². The number of benzene rings is 1. The van der Waals surface area contributed by atoms with Crippen LogP contribution in [0.4, 0.5) is 4.79 Å². The Morgan fingerprint density at radius 3 is 2.58 bits per heavy atom. The number of rotatable bonds is 5. The number of likely N-dealkylation sites (N-methyl/N-ethyl adjacent to an activating group) is 1. The molecule has 1 aliphatic carbocycles. The Labute approximate surface area is 159 Å². The minimum atomic E-state index is -0.482. The van der Waals surface area contributed by atoms with Crippen molar-refractivity contribution in [3.8, 4) is 5.75 Å². The largest absolute Gasteiger partial charge is 0.501 e. The van der Waals surface area contributed by atoms with Crippen molar-refractivity contribution in [1.82, 2.24) is 4.90 Å². The van der Waals surface area contributed by atoms with Gasteiger partial charge in [-0.2, -0.15) is 14.3 Å². The second kappa shape index (κ2) is 7.37. The van der Waals surface area contributed by atoms with Crippen LogP contribution in [0.15, 0.2) is 48.1 Å². The molecule has 0 N–H and O–H groups in total. The molecule has 1 aromatic carbocycles. The van der Waals surface area contributed by atoms with Crippen molar-refractivity contribution in [3.63, 3.8) is 0 Å². The van der Waals surface area contributed by atoms with Gasteiger partial charge in [0.15, 0.2) is 6.54 Å². The number of ketones is 1. The molecule has 0 saturated heterocycles. The highest BCUT2D eigenvalue weighted by Crippen LogP contribution is 2.22. The topological polar surface area (TPSA) is 66.7 Å². The number of halogens is 1. The fourth-order valence-corrected chi connectivity index (χ4v) is 3.33. The van der Waals surface area contributed by atoms with Crippen LogP contribution in [0, 0.1) is 0 Å². The van der Waals surface area contributed by atoms with Crippen molar-refractivity contribution in [3.05, 3.63) is 53.6 Å². The number of imide groups is 1. The van der Waals surface area contributed by atoms with Gasteiger partial charge in [0.05, 0.1) is 18.5 Å². The number of hydrogen-bond donors (Lipinski definition) is 0. The second-order valence-corrected chi connectivity index (χ2v) is 6.90. The smallest absolute Gasteiger partial charge is 0.497 e. The molecule has 0 fully saturated rings. The van der Waals surface area contributed by atoms with Gasteiger partial charge in [0.2, 0.25) is 5.78 Å². The highest BCUT2D eigenvalue weighted by Gasteiger charge is 2.44. The summed E-state index contributed by atoms with van der Waals surface area (Å²) in [6.45, 7) is 1.83. The van der Waals surface area contributed by atoms with Crippen molar-refractivity contribution in [2.75, 3.05) is 20.2 Å². The normalized spacial score (nSPS) is 19.4. The summed E-state index contributed by atoms with van der Waals surface area (Å²) < 4.78 is 6.45. The summed E-state index contributed by atoms with van der Waals surface area (Å²) in [5.74, 6) is 0.0959. The Hall–Kier alpha value is -2.54. The van der Waals surface area contributed by atoms with Gasteiger partial charge in [-0.05, 0) is 43.3 Å². The monoisotopic (exact) mass is 417 g/mol. The average molecular weight is 418 g/mol. The molecule has 1 aromatic rings. The number of amides is 3. The van der Waals surface area contributed by atoms with E-state index in [2.05, 4.69) is 15.9 Å². The van der Waals surface area contributed by atoms with Crippen molar-refractivity contribution in [1.29, 1.82) is 0 Å². The van der Waals surface area contributed by atoms with Gasteiger partial charge in [0.1, 0.15) is 17.0 Å². The molecule has 1 aliphatic heterocycles. The first kappa shape index (κ1) is 18.3. The van der Waals surface area contributed by atoms with Crippen LogP contribution in [-0.4, -0.2) is 57.9 Å². The van der Waals surface area contributed by atoms with E-state index in [0.717, 1.165) is 4.90 Å². The molecule has 1 heterocycles. The van der Waals surface area contributed by atoms with Gasteiger partial charge in [0.25, 0.3) is 0 Å². The summed E-state index contributed by atoms with van der Waals surface area (Å²) in [6, 6.07) is 6.23. The van der Waals surface area contributed by atoms with Gasteiger partial charge in [-0.25, -0.2) is 4.79 Å². The van der Waals surface area contributed by atoms with Crippen molar-refractivity contribution < 1.29 is 23.7 Å². The van der Waals surface area contributed by atoms with E-state index in [1.807, 2.05) is 6.08 Å². The number of carbonyl (C=O) groups excluding carboxylic acids is 3. The van der Waals surface area contributed by atoms with E-state index in [0.29, 0.717) is 22.6 Å². The first-order valence-corrected chi connectivity index (χ1v) is 9.09. The predicted octanol–water partition coefficient (Wildman–Crippen LogP) is 2.57. The molecule has 0 bridgehead atoms. The number of carbonyl (C=O) groups is 3. The Kier molecular flexibility index (Phi) is 5.18. The average Bonchev–Trinajstić information content (AvgIpc) is 2.65. The summed E-state index contributed by atoms with van der Waals surface area (Å²) in [5, 5.41) is 0. The minimum Gasteiger partial charge on any atom is -0.497 e. The van der Waals surface area contributed by atoms with Crippen LogP contribution in [0.2, 0.25) is 0 Å². The van der Waals surface area contributed by atoms with Crippen LogP contribution in [0.5, 0.6) is 5.75 Å². The zero-order valence-electron chi connectivity index (χ0n) is 14.4. The van der Waals surface area contributed by atoms with Crippen LogP contribution in [0.3, 0.4) is 0 Å². The number of nitrogens with zero attached hydrogens (tertiary/aromatic N) is 2. The molecule has 0 aromatic heterocycles. The summed E-state index contributed by atoms with van der Waals surface area (Å²) in [7, 11) is 1.55. The first-order valence-electron chi connectivity index (χ1n) is 8.18. The molecule has 1 atom stereocenters. The van der Waals surface area contributed by atoms with E-state index in [9.17, 15) is 14.4 Å². The Balaban J connectivity index is 1.97. The standard InChI is InChI=1S/C19H18BrN2O4/c1-3-21-18(24)15-10-13(20)6-9-16(15)22(19(21)25)11-17(23)12-4-7-14(26-2)8-5-12/h4-10,13H,3,11H2,1-2H3/q+1. The number of urea groups is 1. The van der Waals surface area contributed by atoms with Crippen LogP contribution >= 0.6 is 15.9 Å². The summed E-state index contributed by atoms with van der Waals surface area (Å²) in [5.41, 5.74) is 1.36. The van der Waals surface area contributed by atoms with Gasteiger partial charge in [-0.15, -0.1) is 0 Å². The highest BCUT2D eigenvalue weighted by molar-refractivity contribution is 9.09. The molecule has 6 nitrogen and oxygen atoms in total. The molecular weight excluding hydrogens is 400 g/mol. The number of Topliss-reactive ketones (excluding diaryl/α,β-unsaturated/α-hetero) is 1. The van der Waals surface area contributed by atoms with Crippen molar-refractivity contribution >= 4 is 39.4 Å². The van der Waals surface area contributed by atoms with E-state index in [-0.39, 0.29) is 29.6 Å². The molecule has 0 saturated carbocycles. The lowest BCUT2D eigenvalue weighted by Crippen LogP contribution is -2.52. The third-order valence-corrected chi connectivity index (χ3v) is 4.87. The predicted molar refractivity (Wildman–Crippen MR) is 100 cm³/mol. The second-order valence-electron chi connectivity index (χ2n) is 5.84. The maximum atomic E-state index is 12.7. The third kappa shape index (κ3) is 3.26. The SMILES string of the molecule is CCN1C(=O)C2=CC(Br)C=CC2=[N+](CC(=O)c2ccc(OC)cc2)C1=O. The molecule has 3 rings (SSSR count). The lowest BCUT2D eigenvalue weighted by molar-refractivity contribution is -0.421. The molecule has 1 unspecified atom stereocenters. The number of hydrogen-bond acceptors (Lipinski definition) is 4. The van der Waals surface area contributed by atoms with Gasteiger partial charge in [0, 0.05) is 5.56 Å². The van der Waals surface area contributed by atoms with E-state index in [1.165, 1.54) is 4.58 Å². The van der Waals surface area contributed by atoms with E-state index in [4.69, 9.17) is 4.74 Å². The van der Waals surface area contributed by atoms with Crippen LogP contribution in [-0.2, 0) is 4.79 Å². The van der Waals surface area contributed by atoms with Gasteiger partial charge in [-0.1, -0.05) is 22.0 Å². The fourth-order valence-electron chi connectivity index (χ4n) is 2.91. The Morgan fingerprint density at radius 2 is 1.96 bits per heavy atom. The van der Waals surface area contributed by atoms with Crippen molar-refractivity contribution in [2.45, 2.75) is 11.8 Å². The van der Waals surface area contributed by atoms with Gasteiger partial charge in [-0.3, -0.25) is 4.79 Å². The van der Waals surface area contributed by atoms with Crippen LogP contribution in [0.25, 0.3) is 0 Å². The molecule has 3 amide bonds. The third-order valence-electron chi connectivity index (χ3n) is 4.30. The molecule has 7 heteroatoms. The lowest BCUT2D eigenvalue weighted by Gasteiger charge is -2.24. The van der Waals surface area contributed by atoms with Crippen LogP contribution in [0.1, 0.15) is 17.3 Å². The van der Waals surface area contributed by atoms with Gasteiger partial charge >= 0.3 is 11.9 Å². The minimum absolute atomic E-state index is 0.0868. The van der Waals surface area contributed by atoms with E-state index >= 15 is 0 Å². The zero-order valence-corrected chi connectivity index (χ0v) is 16.0. The zero-order chi connectivity index (χ0) is 18.8. The fraction of sp³-hybridized carbons (Fsp3) is 0.263. The Bertz CT molecular complexity index is 868. The molecule has 0 spiro atoms.